The van der Waals surface area contributed by atoms with Crippen LogP contribution in [0.4, 0.5) is 0 Å². The van der Waals surface area contributed by atoms with Crippen LogP contribution in [0, 0.1) is 5.92 Å². The van der Waals surface area contributed by atoms with E-state index in [1.807, 2.05) is 11.8 Å². The van der Waals surface area contributed by atoms with E-state index in [0.717, 1.165) is 13.0 Å². The molecule has 0 aromatic heterocycles. The van der Waals surface area contributed by atoms with Gasteiger partial charge in [0.05, 0.1) is 0 Å². The monoisotopic (exact) mass is 198 g/mol. The van der Waals surface area contributed by atoms with Gasteiger partial charge in [0.2, 0.25) is 5.91 Å². The predicted molar refractivity (Wildman–Crippen MR) is 59.9 cm³/mol. The van der Waals surface area contributed by atoms with Crippen molar-refractivity contribution >= 4 is 5.91 Å². The first-order chi connectivity index (χ1) is 6.65. The quantitative estimate of drug-likeness (QED) is 0.628. The van der Waals surface area contributed by atoms with E-state index in [2.05, 4.69) is 13.5 Å². The number of carbonyl (C=O) groups excluding carboxylic acids is 1. The van der Waals surface area contributed by atoms with Gasteiger partial charge >= 0.3 is 0 Å². The Hall–Kier alpha value is -0.830. The minimum absolute atomic E-state index is 0.185. The van der Waals surface area contributed by atoms with E-state index in [0.29, 0.717) is 19.5 Å². The highest BCUT2D eigenvalue weighted by Crippen LogP contribution is 2.04. The summed E-state index contributed by atoms with van der Waals surface area (Å²) in [6, 6.07) is 0. The number of hydrogen-bond acceptors (Lipinski definition) is 2. The van der Waals surface area contributed by atoms with Crippen LogP contribution in [0.5, 0.6) is 0 Å². The topological polar surface area (TPSA) is 46.3 Å². The van der Waals surface area contributed by atoms with Gasteiger partial charge in [-0.3, -0.25) is 4.79 Å². The lowest BCUT2D eigenvalue weighted by Gasteiger charge is -2.21. The van der Waals surface area contributed by atoms with Crippen molar-refractivity contribution in [3.8, 4) is 0 Å². The average Bonchev–Trinajstić information content (AvgIpc) is 2.17. The van der Waals surface area contributed by atoms with E-state index >= 15 is 0 Å². The molecule has 0 saturated carbocycles. The van der Waals surface area contributed by atoms with Crippen LogP contribution in [0.3, 0.4) is 0 Å². The van der Waals surface area contributed by atoms with Crippen molar-refractivity contribution in [1.29, 1.82) is 0 Å². The second-order valence-electron chi connectivity index (χ2n) is 3.67. The maximum atomic E-state index is 11.7. The molecule has 3 heteroatoms. The van der Waals surface area contributed by atoms with E-state index in [9.17, 15) is 4.79 Å². The molecule has 0 saturated heterocycles. The molecule has 0 aromatic rings. The number of rotatable bonds is 7. The summed E-state index contributed by atoms with van der Waals surface area (Å²) in [6.07, 6.45) is 3.29. The molecular formula is C11H22N2O. The van der Waals surface area contributed by atoms with Gasteiger partial charge in [0, 0.05) is 19.5 Å². The molecule has 0 fully saturated rings. The molecule has 1 atom stereocenters. The lowest BCUT2D eigenvalue weighted by Crippen LogP contribution is -2.33. The van der Waals surface area contributed by atoms with E-state index in [4.69, 9.17) is 5.73 Å². The van der Waals surface area contributed by atoms with Gasteiger partial charge in [-0.2, -0.15) is 0 Å². The third-order valence-corrected chi connectivity index (χ3v) is 2.12. The number of amides is 1. The summed E-state index contributed by atoms with van der Waals surface area (Å²) in [5, 5.41) is 0. The summed E-state index contributed by atoms with van der Waals surface area (Å²) in [5.41, 5.74) is 5.48. The molecule has 1 amide bonds. The Morgan fingerprint density at radius 3 is 2.71 bits per heavy atom. The van der Waals surface area contributed by atoms with Gasteiger partial charge < -0.3 is 10.6 Å². The zero-order valence-electron chi connectivity index (χ0n) is 9.33. The van der Waals surface area contributed by atoms with Gasteiger partial charge in [0.1, 0.15) is 0 Å². The number of nitrogens with zero attached hydrogens (tertiary/aromatic N) is 1. The molecule has 0 aliphatic heterocycles. The second kappa shape index (κ2) is 7.56. The van der Waals surface area contributed by atoms with Crippen molar-refractivity contribution in [2.75, 3.05) is 19.6 Å². The molecule has 0 aliphatic rings. The Bertz CT molecular complexity index is 180. The Kier molecular flexibility index (Phi) is 7.11. The van der Waals surface area contributed by atoms with Gasteiger partial charge in [-0.1, -0.05) is 19.9 Å². The fourth-order valence-corrected chi connectivity index (χ4v) is 1.25. The third-order valence-electron chi connectivity index (χ3n) is 2.12. The summed E-state index contributed by atoms with van der Waals surface area (Å²) in [5.74, 6) is 0.455. The minimum atomic E-state index is 0.185. The lowest BCUT2D eigenvalue weighted by atomic mass is 10.1. The highest BCUT2D eigenvalue weighted by Gasteiger charge is 2.13. The molecule has 82 valence electrons. The van der Waals surface area contributed by atoms with Crippen LogP contribution in [0.25, 0.3) is 0 Å². The van der Waals surface area contributed by atoms with Gasteiger partial charge in [0.25, 0.3) is 0 Å². The molecule has 3 nitrogen and oxygen atoms in total. The third kappa shape index (κ3) is 5.02. The molecule has 0 heterocycles. The zero-order valence-corrected chi connectivity index (χ0v) is 9.33. The van der Waals surface area contributed by atoms with Crippen LogP contribution in [-0.2, 0) is 4.79 Å². The van der Waals surface area contributed by atoms with Crippen molar-refractivity contribution in [2.45, 2.75) is 26.7 Å². The fraction of sp³-hybridized carbons (Fsp3) is 0.727. The predicted octanol–water partition coefficient (Wildman–Crippen LogP) is 1.40. The van der Waals surface area contributed by atoms with Crippen molar-refractivity contribution in [3.63, 3.8) is 0 Å². The molecule has 1 unspecified atom stereocenters. The highest BCUT2D eigenvalue weighted by atomic mass is 16.2. The number of nitrogens with two attached hydrogens (primary N) is 1. The Morgan fingerprint density at radius 2 is 2.29 bits per heavy atom. The lowest BCUT2D eigenvalue weighted by molar-refractivity contribution is -0.131. The van der Waals surface area contributed by atoms with Crippen LogP contribution < -0.4 is 5.73 Å². The van der Waals surface area contributed by atoms with E-state index < -0.39 is 0 Å². The molecule has 0 bridgehead atoms. The van der Waals surface area contributed by atoms with E-state index in [1.165, 1.54) is 0 Å². The largest absolute Gasteiger partial charge is 0.339 e. The van der Waals surface area contributed by atoms with Crippen LogP contribution in [0.1, 0.15) is 26.7 Å². The van der Waals surface area contributed by atoms with Crippen LogP contribution in [-0.4, -0.2) is 30.4 Å². The van der Waals surface area contributed by atoms with Crippen LogP contribution in [0.2, 0.25) is 0 Å². The molecule has 2 N–H and O–H groups in total. The first kappa shape index (κ1) is 13.2. The van der Waals surface area contributed by atoms with E-state index in [1.54, 1.807) is 6.08 Å². The summed E-state index contributed by atoms with van der Waals surface area (Å²) >= 11 is 0. The van der Waals surface area contributed by atoms with Crippen molar-refractivity contribution < 1.29 is 4.79 Å². The molecule has 0 radical (unpaired) electrons. The highest BCUT2D eigenvalue weighted by molar-refractivity contribution is 5.76. The normalized spacial score (nSPS) is 12.2. The molecule has 0 rings (SSSR count). The van der Waals surface area contributed by atoms with Crippen LogP contribution >= 0.6 is 0 Å². The standard InChI is InChI=1S/C11H22N2O/c1-4-6-13(7-5-2)11(14)8-10(3)9-12/h4,10H,1,5-9,12H2,2-3H3. The number of hydrogen-bond donors (Lipinski definition) is 1. The molecule has 0 aromatic carbocycles. The fourth-order valence-electron chi connectivity index (χ4n) is 1.25. The van der Waals surface area contributed by atoms with E-state index in [-0.39, 0.29) is 11.8 Å². The molecular weight excluding hydrogens is 176 g/mol. The number of carbonyl (C=O) groups is 1. The summed E-state index contributed by atoms with van der Waals surface area (Å²) < 4.78 is 0. The summed E-state index contributed by atoms with van der Waals surface area (Å²) in [4.78, 5) is 13.5. The molecule has 14 heavy (non-hydrogen) atoms. The van der Waals surface area contributed by atoms with Crippen molar-refractivity contribution in [1.82, 2.24) is 4.90 Å². The smallest absolute Gasteiger partial charge is 0.223 e. The Labute approximate surface area is 87.0 Å². The summed E-state index contributed by atoms with van der Waals surface area (Å²) in [7, 11) is 0. The molecule has 0 aliphatic carbocycles. The Balaban J connectivity index is 4.06. The molecule has 0 spiro atoms. The first-order valence-electron chi connectivity index (χ1n) is 5.24. The van der Waals surface area contributed by atoms with Gasteiger partial charge in [-0.05, 0) is 18.9 Å². The maximum absolute atomic E-state index is 11.7. The first-order valence-corrected chi connectivity index (χ1v) is 5.24. The minimum Gasteiger partial charge on any atom is -0.339 e. The second-order valence-corrected chi connectivity index (χ2v) is 3.67. The Morgan fingerprint density at radius 1 is 1.64 bits per heavy atom. The average molecular weight is 198 g/mol. The van der Waals surface area contributed by atoms with Crippen molar-refractivity contribution in [2.24, 2.45) is 11.7 Å². The van der Waals surface area contributed by atoms with Gasteiger partial charge in [-0.25, -0.2) is 0 Å². The van der Waals surface area contributed by atoms with Gasteiger partial charge in [0.15, 0.2) is 0 Å². The van der Waals surface area contributed by atoms with Crippen LogP contribution in [0.15, 0.2) is 12.7 Å². The summed E-state index contributed by atoms with van der Waals surface area (Å²) in [6.45, 7) is 9.73. The SMILES string of the molecule is C=CCN(CCC)C(=O)CC(C)CN. The zero-order chi connectivity index (χ0) is 11.0. The van der Waals surface area contributed by atoms with Crippen molar-refractivity contribution in [3.05, 3.63) is 12.7 Å². The maximum Gasteiger partial charge on any atom is 0.223 e. The van der Waals surface area contributed by atoms with Gasteiger partial charge in [-0.15, -0.1) is 6.58 Å².